The maximum Gasteiger partial charge on any atom is 0.264 e. The Labute approximate surface area is 374 Å². The second kappa shape index (κ2) is 20.9. The van der Waals surface area contributed by atoms with Crippen molar-refractivity contribution in [1.82, 2.24) is 10.2 Å². The number of unbranched alkanes of at least 4 members (excludes halogenated alkanes) is 1. The predicted molar refractivity (Wildman–Crippen MR) is 251 cm³/mol. The summed E-state index contributed by atoms with van der Waals surface area (Å²) in [6, 6.07) is 20.5. The smallest absolute Gasteiger partial charge is 0.264 e. The van der Waals surface area contributed by atoms with Crippen LogP contribution in [-0.2, 0) is 37.7 Å². The number of aliphatic hydroxyl groups is 2. The number of carbonyl (C=O) groups excluding carboxylic acids is 3. The summed E-state index contributed by atoms with van der Waals surface area (Å²) in [4.78, 5) is 61.5. The van der Waals surface area contributed by atoms with Crippen LogP contribution in [0, 0.1) is 5.92 Å². The lowest BCUT2D eigenvalue weighted by Gasteiger charge is -2.36. The number of nitrogens with zero attached hydrogens (tertiary/aromatic N) is 3. The number of aliphatic hydroxyl groups excluding tert-OH is 2. The van der Waals surface area contributed by atoms with E-state index in [9.17, 15) is 24.6 Å². The highest BCUT2D eigenvalue weighted by molar-refractivity contribution is 6.71. The molecule has 6 rings (SSSR count). The van der Waals surface area contributed by atoms with Crippen LogP contribution in [0.3, 0.4) is 0 Å². The lowest BCUT2D eigenvalue weighted by Crippen LogP contribution is -2.49. The Morgan fingerprint density at radius 2 is 1.75 bits per heavy atom. The van der Waals surface area contributed by atoms with E-state index >= 15 is 4.79 Å². The molecule has 1 spiro atoms. The SMILES string of the molecule is CCOc1ccc2c(c1)CC(NCCCCO)C(=O)N2c1ccc2c(c1)[C@]1(O[C@@H](CC(=O)N(CCO)Cc3ccccc3)[C@H]([Si](C)(C)O)[C@H]1C)C(=O)N2C/C=C(\C)CCC=C(C)C. The van der Waals surface area contributed by atoms with Gasteiger partial charge in [-0.15, -0.1) is 0 Å². The number of allylic oxidation sites excluding steroid dienone is 3. The second-order valence-electron chi connectivity index (χ2n) is 18.1. The van der Waals surface area contributed by atoms with Gasteiger partial charge in [-0.2, -0.15) is 0 Å². The summed E-state index contributed by atoms with van der Waals surface area (Å²) in [5, 5.41) is 22.9. The summed E-state index contributed by atoms with van der Waals surface area (Å²) in [5.74, 6) is -0.485. The molecular weight excluding hydrogens is 813 g/mol. The van der Waals surface area contributed by atoms with Crippen molar-refractivity contribution in [2.45, 2.75) is 116 Å². The fourth-order valence-electron chi connectivity index (χ4n) is 9.76. The third-order valence-corrected chi connectivity index (χ3v) is 15.3. The van der Waals surface area contributed by atoms with E-state index in [0.29, 0.717) is 68.2 Å². The number of nitrogens with one attached hydrogen (secondary N) is 1. The lowest BCUT2D eigenvalue weighted by atomic mass is 9.82. The van der Waals surface area contributed by atoms with Crippen LogP contribution < -0.4 is 19.9 Å². The number of anilines is 3. The maximum atomic E-state index is 15.4. The Balaban J connectivity index is 1.44. The molecule has 4 N–H and O–H groups in total. The minimum atomic E-state index is -3.15. The van der Waals surface area contributed by atoms with E-state index < -0.39 is 37.5 Å². The van der Waals surface area contributed by atoms with E-state index in [1.165, 1.54) is 5.57 Å². The van der Waals surface area contributed by atoms with Crippen molar-refractivity contribution in [3.8, 4) is 5.75 Å². The lowest BCUT2D eigenvalue weighted by molar-refractivity contribution is -0.149. The van der Waals surface area contributed by atoms with Gasteiger partial charge in [-0.1, -0.05) is 60.6 Å². The zero-order chi connectivity index (χ0) is 45.5. The maximum absolute atomic E-state index is 15.4. The molecule has 3 aromatic carbocycles. The van der Waals surface area contributed by atoms with Crippen molar-refractivity contribution in [3.05, 3.63) is 107 Å². The van der Waals surface area contributed by atoms with Gasteiger partial charge in [0.2, 0.25) is 11.8 Å². The zero-order valence-electron chi connectivity index (χ0n) is 38.2. The molecule has 12 nitrogen and oxygen atoms in total. The number of benzene rings is 3. The first-order valence-electron chi connectivity index (χ1n) is 22.7. The molecule has 1 saturated heterocycles. The summed E-state index contributed by atoms with van der Waals surface area (Å²) in [6.07, 6.45) is 6.92. The topological polar surface area (TPSA) is 152 Å². The number of fused-ring (bicyclic) bond motifs is 3. The standard InChI is InChI=1S/C50H68N4O8Si/c1-8-61-40-20-22-43-38(29-40)30-42(51-24-12-13-27-55)48(58)54(43)39-19-21-44-41(31-39)50(49(59)53(44)25-23-35(4)16-14-15-34(2)3)36(5)47(63(6,7)60)45(62-50)32-46(57)52(26-28-56)33-37-17-10-9-11-18-37/h9-11,15,17-23,29,31,36,42,45,47,51,55-56,60H,8,12-14,16,24-28,30,32-33H2,1-7H3/b35-23+/t36-,42?,45+,47-,50+/m1/s1. The molecule has 5 atom stereocenters. The third-order valence-electron chi connectivity index (χ3n) is 12.8. The molecule has 0 radical (unpaired) electrons. The summed E-state index contributed by atoms with van der Waals surface area (Å²) in [6.45, 7) is 15.4. The molecule has 13 heteroatoms. The normalized spacial score (nSPS) is 22.1. The minimum absolute atomic E-state index is 0.0752. The number of carbonyl (C=O) groups is 3. The molecule has 0 aromatic heterocycles. The van der Waals surface area contributed by atoms with Gasteiger partial charge in [0, 0.05) is 49.0 Å². The molecule has 1 unspecified atom stereocenters. The van der Waals surface area contributed by atoms with Gasteiger partial charge in [-0.3, -0.25) is 19.3 Å². The highest BCUT2D eigenvalue weighted by Gasteiger charge is 2.66. The highest BCUT2D eigenvalue weighted by Crippen LogP contribution is 2.60. The quantitative estimate of drug-likeness (QED) is 0.0522. The van der Waals surface area contributed by atoms with Gasteiger partial charge in [-0.25, -0.2) is 0 Å². The third kappa shape index (κ3) is 10.5. The highest BCUT2D eigenvalue weighted by atomic mass is 28.4. The number of ether oxygens (including phenoxy) is 2. The average molecular weight is 881 g/mol. The summed E-state index contributed by atoms with van der Waals surface area (Å²) >= 11 is 0. The van der Waals surface area contributed by atoms with E-state index in [0.717, 1.165) is 35.2 Å². The van der Waals surface area contributed by atoms with Crippen LogP contribution in [0.15, 0.2) is 90.0 Å². The molecular formula is C50H68N4O8Si. The molecule has 0 aliphatic carbocycles. The number of hydrogen-bond donors (Lipinski definition) is 4. The van der Waals surface area contributed by atoms with Crippen LogP contribution in [-0.4, -0.2) is 97.5 Å². The molecule has 63 heavy (non-hydrogen) atoms. The Hall–Kier alpha value is -4.63. The molecule has 0 bridgehead atoms. The minimum Gasteiger partial charge on any atom is -0.494 e. The van der Waals surface area contributed by atoms with Crippen molar-refractivity contribution in [2.24, 2.45) is 5.92 Å². The number of hydrogen-bond acceptors (Lipinski definition) is 9. The van der Waals surface area contributed by atoms with Gasteiger partial charge in [0.25, 0.3) is 5.91 Å². The first kappa shape index (κ1) is 47.8. The van der Waals surface area contributed by atoms with Crippen LogP contribution in [0.1, 0.15) is 83.4 Å². The van der Waals surface area contributed by atoms with Crippen molar-refractivity contribution in [3.63, 3.8) is 0 Å². The van der Waals surface area contributed by atoms with Crippen molar-refractivity contribution in [1.29, 1.82) is 0 Å². The van der Waals surface area contributed by atoms with Gasteiger partial charge in [0.05, 0.1) is 43.2 Å². The van der Waals surface area contributed by atoms with Crippen LogP contribution >= 0.6 is 0 Å². The Morgan fingerprint density at radius 1 is 1.00 bits per heavy atom. The monoisotopic (exact) mass is 880 g/mol. The zero-order valence-corrected chi connectivity index (χ0v) is 39.2. The van der Waals surface area contributed by atoms with Crippen LogP contribution in [0.25, 0.3) is 0 Å². The van der Waals surface area contributed by atoms with E-state index in [1.807, 2.05) is 93.7 Å². The van der Waals surface area contributed by atoms with Gasteiger partial charge < -0.3 is 39.6 Å². The van der Waals surface area contributed by atoms with Gasteiger partial charge in [0.1, 0.15) is 5.75 Å². The average Bonchev–Trinajstić information content (AvgIpc) is 3.67. The van der Waals surface area contributed by atoms with Crippen molar-refractivity contribution in [2.75, 3.05) is 49.3 Å². The Morgan fingerprint density at radius 3 is 2.43 bits per heavy atom. The fourth-order valence-corrected chi connectivity index (χ4v) is 12.3. The molecule has 3 aliphatic rings. The van der Waals surface area contributed by atoms with E-state index in [1.54, 1.807) is 14.7 Å². The van der Waals surface area contributed by atoms with Crippen LogP contribution in [0.4, 0.5) is 17.1 Å². The predicted octanol–water partition coefficient (Wildman–Crippen LogP) is 7.29. The first-order valence-corrected chi connectivity index (χ1v) is 25.7. The molecule has 3 heterocycles. The molecule has 0 saturated carbocycles. The molecule has 1 fully saturated rings. The molecule has 3 aliphatic heterocycles. The summed E-state index contributed by atoms with van der Waals surface area (Å²) < 4.78 is 13.0. The molecule has 340 valence electrons. The van der Waals surface area contributed by atoms with Crippen molar-refractivity contribution < 1.29 is 38.9 Å². The van der Waals surface area contributed by atoms with Crippen molar-refractivity contribution >= 4 is 43.1 Å². The summed E-state index contributed by atoms with van der Waals surface area (Å²) in [7, 11) is -3.15. The Bertz CT molecular complexity index is 2150. The van der Waals surface area contributed by atoms with Crippen LogP contribution in [0.2, 0.25) is 18.6 Å². The number of rotatable bonds is 20. The van der Waals surface area contributed by atoms with E-state index in [4.69, 9.17) is 9.47 Å². The Kier molecular flexibility index (Phi) is 15.9. The van der Waals surface area contributed by atoms with E-state index in [2.05, 4.69) is 38.2 Å². The molecule has 3 aromatic rings. The summed E-state index contributed by atoms with van der Waals surface area (Å²) in [5.41, 5.74) is 4.71. The van der Waals surface area contributed by atoms with Gasteiger partial charge in [0.15, 0.2) is 13.9 Å². The number of amides is 3. The fraction of sp³-hybridized carbons (Fsp3) is 0.500. The molecule has 3 amide bonds. The first-order chi connectivity index (χ1) is 30.1. The van der Waals surface area contributed by atoms with Crippen LogP contribution in [0.5, 0.6) is 5.75 Å². The largest absolute Gasteiger partial charge is 0.494 e. The van der Waals surface area contributed by atoms with Gasteiger partial charge in [-0.05, 0) is 127 Å². The van der Waals surface area contributed by atoms with E-state index in [-0.39, 0.29) is 43.9 Å². The second-order valence-corrected chi connectivity index (χ2v) is 22.1. The van der Waals surface area contributed by atoms with Gasteiger partial charge >= 0.3 is 0 Å².